The van der Waals surface area contributed by atoms with E-state index in [1.165, 1.54) is 0 Å². The van der Waals surface area contributed by atoms with Crippen molar-refractivity contribution < 1.29 is 19.7 Å². The summed E-state index contributed by atoms with van der Waals surface area (Å²) in [6.45, 7) is 14.4. The van der Waals surface area contributed by atoms with Crippen molar-refractivity contribution in [1.82, 2.24) is 0 Å². The van der Waals surface area contributed by atoms with Gasteiger partial charge in [-0.05, 0) is 69.8 Å². The second-order valence-electron chi connectivity index (χ2n) is 11.1. The Labute approximate surface area is 203 Å². The molecule has 0 bridgehead atoms. The van der Waals surface area contributed by atoms with Crippen molar-refractivity contribution in [3.05, 3.63) is 93.5 Å². The predicted molar refractivity (Wildman–Crippen MR) is 137 cm³/mol. The molecule has 0 saturated carbocycles. The van der Waals surface area contributed by atoms with Crippen molar-refractivity contribution in [3.63, 3.8) is 0 Å². The van der Waals surface area contributed by atoms with Gasteiger partial charge in [-0.1, -0.05) is 77.4 Å². The van der Waals surface area contributed by atoms with E-state index in [4.69, 9.17) is 4.74 Å². The Kier molecular flexibility index (Phi) is 7.11. The maximum atomic E-state index is 12.5. The van der Waals surface area contributed by atoms with Crippen molar-refractivity contribution in [2.45, 2.75) is 72.3 Å². The average Bonchev–Trinajstić information content (AvgIpc) is 2.75. The first-order valence-corrected chi connectivity index (χ1v) is 11.7. The van der Waals surface area contributed by atoms with Crippen LogP contribution in [0.5, 0.6) is 11.5 Å². The lowest BCUT2D eigenvalue weighted by molar-refractivity contribution is 0.0472. The number of phenolic OH excluding ortho intramolecular Hbond substituents is 2. The second kappa shape index (κ2) is 9.54. The quantitative estimate of drug-likeness (QED) is 0.404. The first kappa shape index (κ1) is 25.4. The summed E-state index contributed by atoms with van der Waals surface area (Å²) in [6.07, 6.45) is 0.367. The minimum atomic E-state index is -0.390. The zero-order valence-electron chi connectivity index (χ0n) is 21.3. The van der Waals surface area contributed by atoms with Gasteiger partial charge in [0.1, 0.15) is 18.1 Å². The highest BCUT2D eigenvalue weighted by Gasteiger charge is 2.24. The Morgan fingerprint density at radius 1 is 0.794 bits per heavy atom. The summed E-state index contributed by atoms with van der Waals surface area (Å²) in [5, 5.41) is 22.2. The van der Waals surface area contributed by atoms with Crippen LogP contribution in [0.15, 0.2) is 54.6 Å². The topological polar surface area (TPSA) is 66.8 Å². The van der Waals surface area contributed by atoms with Crippen molar-refractivity contribution in [1.29, 1.82) is 0 Å². The van der Waals surface area contributed by atoms with Gasteiger partial charge in [-0.3, -0.25) is 0 Å². The molecule has 0 aromatic heterocycles. The minimum absolute atomic E-state index is 0.0944. The first-order chi connectivity index (χ1) is 15.8. The largest absolute Gasteiger partial charge is 0.507 e. The highest BCUT2D eigenvalue weighted by atomic mass is 16.5. The first-order valence-electron chi connectivity index (χ1n) is 11.7. The zero-order chi connectivity index (χ0) is 25.3. The Balaban J connectivity index is 1.99. The third-order valence-electron chi connectivity index (χ3n) is 5.96. The molecule has 34 heavy (non-hydrogen) atoms. The van der Waals surface area contributed by atoms with Crippen LogP contribution >= 0.6 is 0 Å². The number of hydrogen-bond donors (Lipinski definition) is 2. The molecule has 0 unspecified atom stereocenters. The molecule has 0 aliphatic rings. The molecule has 0 aliphatic carbocycles. The van der Waals surface area contributed by atoms with Crippen LogP contribution in [0.3, 0.4) is 0 Å². The van der Waals surface area contributed by atoms with Gasteiger partial charge in [0.15, 0.2) is 0 Å². The fraction of sp³-hybridized carbons (Fsp3) is 0.367. The third kappa shape index (κ3) is 5.80. The Bertz CT molecular complexity index is 1180. The molecule has 0 aliphatic heterocycles. The molecular weight excluding hydrogens is 424 g/mol. The van der Waals surface area contributed by atoms with Crippen LogP contribution in [0.2, 0.25) is 0 Å². The van der Waals surface area contributed by atoms with Crippen LogP contribution in [0.1, 0.15) is 85.3 Å². The number of carbonyl (C=O) groups is 1. The molecule has 0 fully saturated rings. The van der Waals surface area contributed by atoms with E-state index in [0.29, 0.717) is 17.5 Å². The number of ether oxygens (including phenoxy) is 1. The van der Waals surface area contributed by atoms with Gasteiger partial charge in [0.05, 0.1) is 5.56 Å². The molecule has 3 rings (SSSR count). The molecule has 180 valence electrons. The predicted octanol–water partition coefficient (Wildman–Crippen LogP) is 6.95. The van der Waals surface area contributed by atoms with Crippen LogP contribution in [-0.4, -0.2) is 16.2 Å². The number of hydrogen-bond acceptors (Lipinski definition) is 4. The van der Waals surface area contributed by atoms with Gasteiger partial charge in [0, 0.05) is 6.42 Å². The molecule has 4 nitrogen and oxygen atoms in total. The number of phenols is 2. The van der Waals surface area contributed by atoms with Crippen molar-refractivity contribution in [2.75, 3.05) is 0 Å². The Hall–Kier alpha value is -3.27. The maximum absolute atomic E-state index is 12.5. The molecule has 3 aromatic rings. The number of benzene rings is 3. The summed E-state index contributed by atoms with van der Waals surface area (Å²) in [4.78, 5) is 12.5. The average molecular weight is 461 g/mol. The van der Waals surface area contributed by atoms with E-state index in [1.54, 1.807) is 24.3 Å². The van der Waals surface area contributed by atoms with Gasteiger partial charge in [0.25, 0.3) is 0 Å². The molecule has 0 heterocycles. The van der Waals surface area contributed by atoms with Crippen LogP contribution in [-0.2, 0) is 28.6 Å². The van der Waals surface area contributed by atoms with Crippen molar-refractivity contribution in [3.8, 4) is 11.5 Å². The van der Waals surface area contributed by atoms with Crippen LogP contribution in [0.25, 0.3) is 0 Å². The number of esters is 1. The summed E-state index contributed by atoms with van der Waals surface area (Å²) in [6, 6.07) is 16.6. The summed E-state index contributed by atoms with van der Waals surface area (Å²) in [5.41, 5.74) is 4.94. The second-order valence-corrected chi connectivity index (χ2v) is 11.1. The van der Waals surface area contributed by atoms with E-state index in [9.17, 15) is 15.0 Å². The van der Waals surface area contributed by atoms with E-state index in [-0.39, 0.29) is 28.9 Å². The highest BCUT2D eigenvalue weighted by molar-refractivity contribution is 5.89. The lowest BCUT2D eigenvalue weighted by atomic mass is 9.81. The summed E-state index contributed by atoms with van der Waals surface area (Å²) < 4.78 is 5.56. The van der Waals surface area contributed by atoms with E-state index in [0.717, 1.165) is 27.8 Å². The van der Waals surface area contributed by atoms with Gasteiger partial charge in [-0.2, -0.15) is 0 Å². The lowest BCUT2D eigenvalue weighted by Crippen LogP contribution is -2.14. The molecular formula is C30H36O4. The molecule has 0 atom stereocenters. The Morgan fingerprint density at radius 2 is 1.32 bits per heavy atom. The van der Waals surface area contributed by atoms with E-state index in [1.807, 2.05) is 58.0 Å². The normalized spacial score (nSPS) is 12.0. The zero-order valence-corrected chi connectivity index (χ0v) is 21.3. The molecule has 2 N–H and O–H groups in total. The number of carbonyl (C=O) groups excluding carboxylic acids is 1. The molecule has 0 radical (unpaired) electrons. The van der Waals surface area contributed by atoms with Gasteiger partial charge >= 0.3 is 5.97 Å². The van der Waals surface area contributed by atoms with E-state index < -0.39 is 5.97 Å². The maximum Gasteiger partial charge on any atom is 0.338 e. The van der Waals surface area contributed by atoms with Crippen LogP contribution < -0.4 is 0 Å². The van der Waals surface area contributed by atoms with Crippen LogP contribution in [0, 0.1) is 6.92 Å². The summed E-state index contributed by atoms with van der Waals surface area (Å²) in [7, 11) is 0. The van der Waals surface area contributed by atoms with E-state index in [2.05, 4.69) is 20.8 Å². The number of aryl methyl sites for hydroxylation is 1. The van der Waals surface area contributed by atoms with Crippen LogP contribution in [0.4, 0.5) is 0 Å². The standard InChI is InChI=1S/C30H36O4/c1-19-13-22(26(31)24(14-19)29(2,3)4)17-23-15-20(16-25(27(23)32)30(5,6)7)18-34-28(33)21-11-9-8-10-12-21/h8-16,31-32H,17-18H2,1-7H3. The van der Waals surface area contributed by atoms with Gasteiger partial charge in [0.2, 0.25) is 0 Å². The minimum Gasteiger partial charge on any atom is -0.507 e. The summed E-state index contributed by atoms with van der Waals surface area (Å²) in [5.74, 6) is 0.0817. The van der Waals surface area contributed by atoms with Gasteiger partial charge < -0.3 is 14.9 Å². The van der Waals surface area contributed by atoms with Gasteiger partial charge in [-0.15, -0.1) is 0 Å². The van der Waals surface area contributed by atoms with Gasteiger partial charge in [-0.25, -0.2) is 4.79 Å². The van der Waals surface area contributed by atoms with E-state index >= 15 is 0 Å². The monoisotopic (exact) mass is 460 g/mol. The molecule has 0 amide bonds. The third-order valence-corrected chi connectivity index (χ3v) is 5.96. The molecule has 4 heteroatoms. The van der Waals surface area contributed by atoms with Crippen molar-refractivity contribution >= 4 is 5.97 Å². The smallest absolute Gasteiger partial charge is 0.338 e. The number of aromatic hydroxyl groups is 2. The SMILES string of the molecule is Cc1cc(Cc2cc(COC(=O)c3ccccc3)cc(C(C)(C)C)c2O)c(O)c(C(C)(C)C)c1. The molecule has 3 aromatic carbocycles. The van der Waals surface area contributed by atoms with Crippen molar-refractivity contribution in [2.24, 2.45) is 0 Å². The number of rotatable bonds is 5. The lowest BCUT2D eigenvalue weighted by Gasteiger charge is -2.25. The highest BCUT2D eigenvalue weighted by Crippen LogP contribution is 2.39. The fourth-order valence-electron chi connectivity index (χ4n) is 4.12. The Morgan fingerprint density at radius 3 is 1.88 bits per heavy atom. The molecule has 0 spiro atoms. The summed E-state index contributed by atoms with van der Waals surface area (Å²) >= 11 is 0. The molecule has 0 saturated heterocycles. The fourth-order valence-corrected chi connectivity index (χ4v) is 4.12.